The molecule has 0 saturated carbocycles. The van der Waals surface area contributed by atoms with Crippen molar-refractivity contribution < 1.29 is 19.0 Å². The fourth-order valence-electron chi connectivity index (χ4n) is 1.73. The van der Waals surface area contributed by atoms with Crippen LogP contribution >= 0.6 is 0 Å². The predicted octanol–water partition coefficient (Wildman–Crippen LogP) is 2.68. The van der Waals surface area contributed by atoms with Crippen molar-refractivity contribution in [2.24, 2.45) is 0 Å². The van der Waals surface area contributed by atoms with Crippen LogP contribution in [0.25, 0.3) is 0 Å². The molecule has 2 aromatic carbocycles. The molecule has 0 fully saturated rings. The summed E-state index contributed by atoms with van der Waals surface area (Å²) in [6, 6.07) is 14.0. The predicted molar refractivity (Wildman–Crippen MR) is 75.2 cm³/mol. The van der Waals surface area contributed by atoms with Crippen LogP contribution in [-0.2, 0) is 11.4 Å². The van der Waals surface area contributed by atoms with Crippen molar-refractivity contribution in [2.75, 3.05) is 7.11 Å². The molecule has 0 aromatic heterocycles. The van der Waals surface area contributed by atoms with E-state index in [2.05, 4.69) is 6.07 Å². The zero-order chi connectivity index (χ0) is 15.1. The molecule has 106 valence electrons. The number of hydrogen-bond donors (Lipinski definition) is 0. The van der Waals surface area contributed by atoms with E-state index in [0.717, 1.165) is 5.56 Å². The van der Waals surface area contributed by atoms with Gasteiger partial charge in [-0.05, 0) is 29.8 Å². The minimum absolute atomic E-state index is 0.343. The Labute approximate surface area is 122 Å². The van der Waals surface area contributed by atoms with E-state index in [1.165, 1.54) is 7.11 Å². The zero-order valence-corrected chi connectivity index (χ0v) is 11.4. The van der Waals surface area contributed by atoms with Gasteiger partial charge in [0, 0.05) is 6.07 Å². The summed E-state index contributed by atoms with van der Waals surface area (Å²) in [4.78, 5) is 10.3. The van der Waals surface area contributed by atoms with Crippen molar-refractivity contribution in [3.8, 4) is 23.3 Å². The number of nitriles is 1. The van der Waals surface area contributed by atoms with Crippen LogP contribution in [0.15, 0.2) is 42.5 Å². The number of rotatable bonds is 6. The summed E-state index contributed by atoms with van der Waals surface area (Å²) in [7, 11) is 1.51. The van der Waals surface area contributed by atoms with E-state index in [1.54, 1.807) is 30.3 Å². The maximum Gasteiger partial charge on any atom is 0.298 e. The van der Waals surface area contributed by atoms with Gasteiger partial charge < -0.3 is 14.2 Å². The Morgan fingerprint density at radius 1 is 1.14 bits per heavy atom. The fourth-order valence-corrected chi connectivity index (χ4v) is 1.73. The van der Waals surface area contributed by atoms with Crippen LogP contribution < -0.4 is 14.2 Å². The van der Waals surface area contributed by atoms with Crippen LogP contribution in [0.2, 0.25) is 0 Å². The first-order valence-electron chi connectivity index (χ1n) is 6.17. The molecule has 0 aliphatic carbocycles. The Morgan fingerprint density at radius 3 is 2.52 bits per heavy atom. The van der Waals surface area contributed by atoms with Crippen LogP contribution in [0.5, 0.6) is 17.2 Å². The highest BCUT2D eigenvalue weighted by Gasteiger charge is 2.07. The van der Waals surface area contributed by atoms with Crippen molar-refractivity contribution >= 4 is 6.47 Å². The van der Waals surface area contributed by atoms with Crippen LogP contribution in [-0.4, -0.2) is 13.6 Å². The Balaban J connectivity index is 2.08. The smallest absolute Gasteiger partial charge is 0.298 e. The first kappa shape index (κ1) is 14.4. The third kappa shape index (κ3) is 3.74. The van der Waals surface area contributed by atoms with Crippen molar-refractivity contribution in [1.82, 2.24) is 0 Å². The first-order valence-corrected chi connectivity index (χ1v) is 6.17. The van der Waals surface area contributed by atoms with Gasteiger partial charge in [-0.25, -0.2) is 0 Å². The average Bonchev–Trinajstić information content (AvgIpc) is 2.54. The SMILES string of the molecule is COc1cc(OC=O)ccc1OCc1ccc(C#N)cc1. The molecule has 0 saturated heterocycles. The summed E-state index contributed by atoms with van der Waals surface area (Å²) in [6.07, 6.45) is 0. The van der Waals surface area contributed by atoms with E-state index < -0.39 is 0 Å². The minimum atomic E-state index is 0.343. The van der Waals surface area contributed by atoms with Gasteiger partial charge in [-0.1, -0.05) is 12.1 Å². The average molecular weight is 283 g/mol. The molecule has 0 atom stereocenters. The molecule has 2 rings (SSSR count). The largest absolute Gasteiger partial charge is 0.493 e. The molecule has 0 heterocycles. The quantitative estimate of drug-likeness (QED) is 0.762. The van der Waals surface area contributed by atoms with Crippen LogP contribution in [0.4, 0.5) is 0 Å². The lowest BCUT2D eigenvalue weighted by Crippen LogP contribution is -1.98. The fraction of sp³-hybridized carbons (Fsp3) is 0.125. The molecule has 5 nitrogen and oxygen atoms in total. The highest BCUT2D eigenvalue weighted by Crippen LogP contribution is 2.31. The topological polar surface area (TPSA) is 68.6 Å². The minimum Gasteiger partial charge on any atom is -0.493 e. The molecule has 0 radical (unpaired) electrons. The van der Waals surface area contributed by atoms with Gasteiger partial charge in [-0.15, -0.1) is 0 Å². The van der Waals surface area contributed by atoms with E-state index in [1.807, 2.05) is 12.1 Å². The Bertz CT molecular complexity index is 659. The summed E-state index contributed by atoms with van der Waals surface area (Å²) < 4.78 is 15.6. The summed E-state index contributed by atoms with van der Waals surface area (Å²) in [6.45, 7) is 0.696. The van der Waals surface area contributed by atoms with Crippen LogP contribution in [0, 0.1) is 11.3 Å². The van der Waals surface area contributed by atoms with Gasteiger partial charge >= 0.3 is 0 Å². The lowest BCUT2D eigenvalue weighted by Gasteiger charge is -2.11. The lowest BCUT2D eigenvalue weighted by atomic mass is 10.1. The van der Waals surface area contributed by atoms with Gasteiger partial charge in [-0.2, -0.15) is 5.26 Å². The van der Waals surface area contributed by atoms with Gasteiger partial charge in [-0.3, -0.25) is 4.79 Å². The number of hydrogen-bond acceptors (Lipinski definition) is 5. The Kier molecular flexibility index (Phi) is 4.78. The molecule has 0 aliphatic heterocycles. The first-order chi connectivity index (χ1) is 10.3. The number of benzene rings is 2. The van der Waals surface area contributed by atoms with E-state index >= 15 is 0 Å². The number of nitrogens with zero attached hydrogens (tertiary/aromatic N) is 1. The van der Waals surface area contributed by atoms with Gasteiger partial charge in [0.05, 0.1) is 18.7 Å². The molecule has 0 spiro atoms. The number of methoxy groups -OCH3 is 1. The van der Waals surface area contributed by atoms with E-state index in [4.69, 9.17) is 19.5 Å². The van der Waals surface area contributed by atoms with Crippen molar-refractivity contribution in [3.05, 3.63) is 53.6 Å². The normalized spacial score (nSPS) is 9.52. The molecular formula is C16H13NO4. The van der Waals surface area contributed by atoms with Crippen molar-refractivity contribution in [3.63, 3.8) is 0 Å². The standard InChI is InChI=1S/C16H13NO4/c1-19-16-8-14(21-11-18)6-7-15(16)20-10-13-4-2-12(9-17)3-5-13/h2-8,11H,10H2,1H3. The van der Waals surface area contributed by atoms with Crippen molar-refractivity contribution in [1.29, 1.82) is 5.26 Å². The van der Waals surface area contributed by atoms with Gasteiger partial charge in [0.25, 0.3) is 6.47 Å². The molecule has 0 N–H and O–H groups in total. The van der Waals surface area contributed by atoms with Gasteiger partial charge in [0.15, 0.2) is 11.5 Å². The van der Waals surface area contributed by atoms with E-state index in [9.17, 15) is 4.79 Å². The van der Waals surface area contributed by atoms with Crippen molar-refractivity contribution in [2.45, 2.75) is 6.61 Å². The van der Waals surface area contributed by atoms with Crippen LogP contribution in [0.1, 0.15) is 11.1 Å². The second kappa shape index (κ2) is 6.96. The molecule has 0 aliphatic rings. The number of carbonyl (C=O) groups is 1. The molecule has 0 amide bonds. The highest BCUT2D eigenvalue weighted by molar-refractivity contribution is 5.51. The monoisotopic (exact) mass is 283 g/mol. The van der Waals surface area contributed by atoms with E-state index in [-0.39, 0.29) is 0 Å². The molecular weight excluding hydrogens is 270 g/mol. The molecule has 5 heteroatoms. The summed E-state index contributed by atoms with van der Waals surface area (Å²) in [5, 5.41) is 8.74. The summed E-state index contributed by atoms with van der Waals surface area (Å²) in [5.74, 6) is 1.40. The summed E-state index contributed by atoms with van der Waals surface area (Å²) in [5.41, 5.74) is 1.54. The number of carbonyl (C=O) groups excluding carboxylic acids is 1. The third-order valence-electron chi connectivity index (χ3n) is 2.80. The Hall–Kier alpha value is -3.00. The van der Waals surface area contributed by atoms with Gasteiger partial charge in [0.1, 0.15) is 12.4 Å². The maximum absolute atomic E-state index is 10.3. The molecule has 0 bridgehead atoms. The second-order valence-corrected chi connectivity index (χ2v) is 4.12. The molecule has 0 unspecified atom stereocenters. The zero-order valence-electron chi connectivity index (χ0n) is 11.4. The van der Waals surface area contributed by atoms with E-state index in [0.29, 0.717) is 35.9 Å². The second-order valence-electron chi connectivity index (χ2n) is 4.12. The highest BCUT2D eigenvalue weighted by atomic mass is 16.5. The molecule has 21 heavy (non-hydrogen) atoms. The van der Waals surface area contributed by atoms with Gasteiger partial charge in [0.2, 0.25) is 0 Å². The maximum atomic E-state index is 10.3. The lowest BCUT2D eigenvalue weighted by molar-refractivity contribution is -0.120. The third-order valence-corrected chi connectivity index (χ3v) is 2.80. The molecule has 2 aromatic rings. The van der Waals surface area contributed by atoms with Crippen LogP contribution in [0.3, 0.4) is 0 Å². The summed E-state index contributed by atoms with van der Waals surface area (Å²) >= 11 is 0. The number of ether oxygens (including phenoxy) is 3. The Morgan fingerprint density at radius 2 is 1.90 bits per heavy atom.